The van der Waals surface area contributed by atoms with Crippen LogP contribution in [0.4, 0.5) is 0 Å². The number of carboxylic acid groups (broad SMARTS) is 4. The van der Waals surface area contributed by atoms with Gasteiger partial charge >= 0.3 is 23.9 Å². The Labute approximate surface area is 97.1 Å². The molecule has 0 amide bonds. The maximum atomic E-state index is 9.10. The van der Waals surface area contributed by atoms with Gasteiger partial charge in [-0.2, -0.15) is 0 Å². The van der Waals surface area contributed by atoms with Gasteiger partial charge in [-0.1, -0.05) is 0 Å². The molecular formula is C6H6N2O10. The van der Waals surface area contributed by atoms with Crippen LogP contribution in [0.5, 0.6) is 0 Å². The lowest BCUT2D eigenvalue weighted by atomic mass is 10.7. The molecular weight excluding hydrogens is 260 g/mol. The van der Waals surface area contributed by atoms with Crippen molar-refractivity contribution in [3.8, 4) is 0 Å². The number of aliphatic carboxylic acids is 4. The molecule has 0 aliphatic carbocycles. The van der Waals surface area contributed by atoms with Gasteiger partial charge in [-0.05, 0) is 0 Å². The molecule has 0 heterocycles. The van der Waals surface area contributed by atoms with Gasteiger partial charge in [0.1, 0.15) is 0 Å². The number of hydrogen-bond donors (Lipinski definition) is 6. The molecule has 100 valence electrons. The van der Waals surface area contributed by atoms with Gasteiger partial charge < -0.3 is 20.4 Å². The summed E-state index contributed by atoms with van der Waals surface area (Å²) < 4.78 is 0. The van der Waals surface area contributed by atoms with Crippen molar-refractivity contribution in [3.05, 3.63) is 0 Å². The first-order valence-electron chi connectivity index (χ1n) is 3.12. The molecule has 0 bridgehead atoms. The maximum absolute atomic E-state index is 9.10. The Morgan fingerprint density at radius 1 is 0.611 bits per heavy atom. The Hall–Kier alpha value is -3.36. The average Bonchev–Trinajstić information content (AvgIpc) is 2.20. The van der Waals surface area contributed by atoms with E-state index in [1.165, 1.54) is 0 Å². The smallest absolute Gasteiger partial charge is 0.414 e. The molecule has 0 aromatic carbocycles. The normalized spacial score (nSPS) is 5.78. The number of rotatable bonds is 0. The number of carbonyl (C=O) groups excluding carboxylic acids is 2. The quantitative estimate of drug-likeness (QED) is 0.162. The number of nitrogens with one attached hydrogen (secondary N) is 2. The number of carbonyl (C=O) groups is 4. The van der Waals surface area contributed by atoms with Crippen LogP contribution in [-0.4, -0.2) is 56.5 Å². The summed E-state index contributed by atoms with van der Waals surface area (Å²) >= 11 is 0. The van der Waals surface area contributed by atoms with Crippen molar-refractivity contribution in [2.45, 2.75) is 0 Å². The zero-order valence-corrected chi connectivity index (χ0v) is 8.24. The molecule has 0 radical (unpaired) electrons. The Balaban J connectivity index is -0.0000000770. The number of carboxylic acids is 4. The second-order valence-corrected chi connectivity index (χ2v) is 1.42. The minimum atomic E-state index is -1.82. The van der Waals surface area contributed by atoms with Crippen molar-refractivity contribution in [1.82, 2.24) is 0 Å². The third-order valence-electron chi connectivity index (χ3n) is 0.366. The zero-order chi connectivity index (χ0) is 15.7. The van der Waals surface area contributed by atoms with E-state index in [0.29, 0.717) is 0 Å². The molecule has 12 heteroatoms. The van der Waals surface area contributed by atoms with Crippen LogP contribution in [0.1, 0.15) is 0 Å². The summed E-state index contributed by atoms with van der Waals surface area (Å²) in [6, 6.07) is 0. The Bertz CT molecular complexity index is 301. The van der Waals surface area contributed by atoms with Crippen LogP contribution in [0.25, 0.3) is 0 Å². The third-order valence-corrected chi connectivity index (χ3v) is 0.366. The average molecular weight is 266 g/mol. The monoisotopic (exact) mass is 266 g/mol. The first-order chi connectivity index (χ1) is 8.11. The Morgan fingerprint density at radius 3 is 0.667 bits per heavy atom. The van der Waals surface area contributed by atoms with Gasteiger partial charge in [-0.3, -0.25) is 0 Å². The molecule has 0 fully saturated rings. The highest BCUT2D eigenvalue weighted by atomic mass is 16.4. The van der Waals surface area contributed by atoms with Gasteiger partial charge in [0.25, 0.3) is 0 Å². The second kappa shape index (κ2) is 19.2. The number of isocyanates is 2. The maximum Gasteiger partial charge on any atom is 0.414 e. The Morgan fingerprint density at radius 2 is 0.667 bits per heavy atom. The first-order valence-corrected chi connectivity index (χ1v) is 3.12. The molecule has 12 nitrogen and oxygen atoms in total. The van der Waals surface area contributed by atoms with Crippen molar-refractivity contribution in [2.75, 3.05) is 0 Å². The van der Waals surface area contributed by atoms with E-state index < -0.39 is 23.9 Å². The molecule has 18 heavy (non-hydrogen) atoms. The van der Waals surface area contributed by atoms with E-state index in [1.54, 1.807) is 0 Å². The molecule has 6 N–H and O–H groups in total. The summed E-state index contributed by atoms with van der Waals surface area (Å²) in [6.45, 7) is 0. The molecule has 0 aromatic heterocycles. The fraction of sp³-hybridized carbons (Fsp3) is 0. The van der Waals surface area contributed by atoms with Gasteiger partial charge in [0, 0.05) is 0 Å². The van der Waals surface area contributed by atoms with Crippen LogP contribution in [0, 0.1) is 10.8 Å². The lowest BCUT2D eigenvalue weighted by Crippen LogP contribution is -2.09. The standard InChI is InChI=1S/2C2H2O4.2CHNO/c2*3-1(4)2(5)6;2*2-1-3/h2*(H,3,4)(H,5,6);2*2H. The fourth-order valence-electron chi connectivity index (χ4n) is 0. The van der Waals surface area contributed by atoms with Gasteiger partial charge in [0.2, 0.25) is 12.2 Å². The van der Waals surface area contributed by atoms with Gasteiger partial charge in [0.05, 0.1) is 0 Å². The third kappa shape index (κ3) is 79.5. The molecule has 0 spiro atoms. The predicted molar refractivity (Wildman–Crippen MR) is 47.4 cm³/mol. The molecule has 0 rings (SSSR count). The van der Waals surface area contributed by atoms with E-state index in [9.17, 15) is 0 Å². The molecule has 0 saturated heterocycles. The molecule has 0 aromatic rings. The van der Waals surface area contributed by atoms with Gasteiger partial charge in [-0.15, -0.1) is 0 Å². The molecule has 0 saturated carbocycles. The largest absolute Gasteiger partial charge is 0.473 e. The summed E-state index contributed by atoms with van der Waals surface area (Å²) in [6.07, 6.45) is 1.50. The van der Waals surface area contributed by atoms with E-state index in [1.807, 2.05) is 0 Å². The van der Waals surface area contributed by atoms with E-state index in [4.69, 9.17) is 60.0 Å². The summed E-state index contributed by atoms with van der Waals surface area (Å²) in [7, 11) is 0. The predicted octanol–water partition coefficient (Wildman–Crippen LogP) is -1.89. The van der Waals surface area contributed by atoms with E-state index in [-0.39, 0.29) is 0 Å². The van der Waals surface area contributed by atoms with E-state index in [2.05, 4.69) is 0 Å². The zero-order valence-electron chi connectivity index (χ0n) is 8.24. The van der Waals surface area contributed by atoms with Crippen molar-refractivity contribution in [3.63, 3.8) is 0 Å². The van der Waals surface area contributed by atoms with Crippen LogP contribution < -0.4 is 0 Å². The summed E-state index contributed by atoms with van der Waals surface area (Å²) in [5.74, 6) is -7.30. The van der Waals surface area contributed by atoms with Crippen LogP contribution in [0.2, 0.25) is 0 Å². The molecule has 0 aliphatic rings. The highest BCUT2D eigenvalue weighted by Crippen LogP contribution is 1.56. The van der Waals surface area contributed by atoms with Crippen LogP contribution in [0.3, 0.4) is 0 Å². The van der Waals surface area contributed by atoms with Crippen LogP contribution in [0.15, 0.2) is 0 Å². The highest BCUT2D eigenvalue weighted by Gasteiger charge is 2.04. The summed E-state index contributed by atoms with van der Waals surface area (Å²) in [5.41, 5.74) is 0. The van der Waals surface area contributed by atoms with E-state index >= 15 is 0 Å². The minimum absolute atomic E-state index is 0.750. The second-order valence-electron chi connectivity index (χ2n) is 1.42. The molecule has 0 unspecified atom stereocenters. The van der Waals surface area contributed by atoms with Crippen molar-refractivity contribution in [1.29, 1.82) is 10.8 Å². The topological polar surface area (TPSA) is 231 Å². The van der Waals surface area contributed by atoms with Gasteiger partial charge in [0.15, 0.2) is 0 Å². The van der Waals surface area contributed by atoms with Crippen molar-refractivity contribution < 1.29 is 49.2 Å². The van der Waals surface area contributed by atoms with Crippen LogP contribution in [-0.2, 0) is 28.8 Å². The fourth-order valence-corrected chi connectivity index (χ4v) is 0. The first kappa shape index (κ1) is 24.1. The molecule has 0 atom stereocenters. The lowest BCUT2D eigenvalue weighted by molar-refractivity contribution is -0.159. The van der Waals surface area contributed by atoms with Crippen molar-refractivity contribution >= 4 is 36.0 Å². The van der Waals surface area contributed by atoms with Crippen molar-refractivity contribution in [2.24, 2.45) is 0 Å². The summed E-state index contributed by atoms with van der Waals surface area (Å²) in [4.78, 5) is 53.1. The SMILES string of the molecule is N=C=O.N=C=O.O=C(O)C(=O)O.O=C(O)C(=O)O. The lowest BCUT2D eigenvalue weighted by Gasteiger charge is -1.72. The molecule has 0 aliphatic heterocycles. The van der Waals surface area contributed by atoms with E-state index in [0.717, 1.165) is 12.2 Å². The van der Waals surface area contributed by atoms with Crippen LogP contribution >= 0.6 is 0 Å². The Kier molecular flexibility index (Phi) is 25.7. The summed E-state index contributed by atoms with van der Waals surface area (Å²) in [5, 5.41) is 40.4. The van der Waals surface area contributed by atoms with Gasteiger partial charge in [-0.25, -0.2) is 39.6 Å². The number of hydrogen-bond acceptors (Lipinski definition) is 8. The highest BCUT2D eigenvalue weighted by molar-refractivity contribution is 6.27. The minimum Gasteiger partial charge on any atom is -0.473 e.